The minimum Gasteiger partial charge on any atom is -0.450 e. The molecule has 0 aliphatic rings. The lowest BCUT2D eigenvalue weighted by Gasteiger charge is -2.06. The fraction of sp³-hybridized carbons (Fsp3) is 0.167. The van der Waals surface area contributed by atoms with Gasteiger partial charge in [0.05, 0.1) is 11.6 Å². The third-order valence-corrected chi connectivity index (χ3v) is 2.52. The monoisotopic (exact) mass is 230 g/mol. The fourth-order valence-corrected chi connectivity index (χ4v) is 1.78. The van der Waals surface area contributed by atoms with Crippen LogP contribution in [0.15, 0.2) is 35.0 Å². The number of fused-ring (bicyclic) bond motifs is 3. The zero-order valence-electron chi connectivity index (χ0n) is 9.21. The molecular formula is C12H10N2O3. The Balaban J connectivity index is 2.29. The van der Waals surface area contributed by atoms with Gasteiger partial charge >= 0.3 is 0 Å². The first-order valence-corrected chi connectivity index (χ1v) is 5.15. The molecule has 0 fully saturated rings. The van der Waals surface area contributed by atoms with Gasteiger partial charge in [0.15, 0.2) is 6.79 Å². The van der Waals surface area contributed by atoms with Crippen LogP contribution < -0.4 is 4.74 Å². The van der Waals surface area contributed by atoms with Crippen molar-refractivity contribution >= 4 is 21.9 Å². The highest BCUT2D eigenvalue weighted by atomic mass is 16.7. The van der Waals surface area contributed by atoms with E-state index in [2.05, 4.69) is 10.1 Å². The predicted molar refractivity (Wildman–Crippen MR) is 61.8 cm³/mol. The molecule has 0 saturated carbocycles. The van der Waals surface area contributed by atoms with E-state index >= 15 is 0 Å². The first-order chi connectivity index (χ1) is 8.40. The molecule has 0 atom stereocenters. The van der Waals surface area contributed by atoms with Gasteiger partial charge in [0.2, 0.25) is 5.88 Å². The molecule has 3 aromatic rings. The molecule has 5 heteroatoms. The third kappa shape index (κ3) is 1.60. The van der Waals surface area contributed by atoms with E-state index in [4.69, 9.17) is 14.0 Å². The SMILES string of the molecule is COCOc1nc2oncc2c2ccccc12. The number of methoxy groups -OCH3 is 1. The van der Waals surface area contributed by atoms with Crippen LogP contribution in [-0.4, -0.2) is 24.0 Å². The van der Waals surface area contributed by atoms with Gasteiger partial charge in [-0.15, -0.1) is 0 Å². The largest absolute Gasteiger partial charge is 0.450 e. The summed E-state index contributed by atoms with van der Waals surface area (Å²) >= 11 is 0. The van der Waals surface area contributed by atoms with Gasteiger partial charge < -0.3 is 14.0 Å². The maximum absolute atomic E-state index is 5.42. The number of rotatable bonds is 3. The van der Waals surface area contributed by atoms with Crippen molar-refractivity contribution in [1.29, 1.82) is 0 Å². The van der Waals surface area contributed by atoms with Gasteiger partial charge in [-0.1, -0.05) is 23.4 Å². The maximum atomic E-state index is 5.42. The molecule has 0 amide bonds. The van der Waals surface area contributed by atoms with Crippen molar-refractivity contribution < 1.29 is 14.0 Å². The number of ether oxygens (including phenoxy) is 2. The van der Waals surface area contributed by atoms with Crippen molar-refractivity contribution in [3.8, 4) is 5.88 Å². The highest BCUT2D eigenvalue weighted by Gasteiger charge is 2.11. The van der Waals surface area contributed by atoms with Gasteiger partial charge in [-0.3, -0.25) is 0 Å². The molecule has 0 N–H and O–H groups in total. The molecule has 0 spiro atoms. The summed E-state index contributed by atoms with van der Waals surface area (Å²) in [5, 5.41) is 6.55. The maximum Gasteiger partial charge on any atom is 0.261 e. The molecule has 0 aliphatic heterocycles. The molecule has 5 nitrogen and oxygen atoms in total. The molecule has 1 aromatic carbocycles. The zero-order chi connectivity index (χ0) is 11.7. The standard InChI is InChI=1S/C12H10N2O3/c1-15-7-16-11-9-5-3-2-4-8(9)10-6-13-17-12(10)14-11/h2-6H,7H2,1H3. The van der Waals surface area contributed by atoms with E-state index in [0.717, 1.165) is 16.2 Å². The molecule has 3 rings (SSSR count). The summed E-state index contributed by atoms with van der Waals surface area (Å²) in [6.45, 7) is 0.149. The van der Waals surface area contributed by atoms with Gasteiger partial charge in [0.1, 0.15) is 0 Å². The van der Waals surface area contributed by atoms with Crippen LogP contribution in [0.25, 0.3) is 21.9 Å². The van der Waals surface area contributed by atoms with E-state index in [1.54, 1.807) is 13.3 Å². The van der Waals surface area contributed by atoms with Crippen LogP contribution in [0.1, 0.15) is 0 Å². The van der Waals surface area contributed by atoms with Crippen LogP contribution >= 0.6 is 0 Å². The molecular weight excluding hydrogens is 220 g/mol. The summed E-state index contributed by atoms with van der Waals surface area (Å²) in [5.74, 6) is 0.492. The van der Waals surface area contributed by atoms with Gasteiger partial charge in [-0.25, -0.2) is 0 Å². The summed E-state index contributed by atoms with van der Waals surface area (Å²) in [6.07, 6.45) is 1.66. The van der Waals surface area contributed by atoms with Crippen LogP contribution in [0.5, 0.6) is 5.88 Å². The second-order valence-electron chi connectivity index (χ2n) is 3.56. The number of hydrogen-bond donors (Lipinski definition) is 0. The number of nitrogens with zero attached hydrogens (tertiary/aromatic N) is 2. The van der Waals surface area contributed by atoms with Crippen molar-refractivity contribution in [2.75, 3.05) is 13.9 Å². The Bertz CT molecular complexity index is 663. The lowest BCUT2D eigenvalue weighted by Crippen LogP contribution is -2.01. The smallest absolute Gasteiger partial charge is 0.261 e. The van der Waals surface area contributed by atoms with Crippen LogP contribution in [0.3, 0.4) is 0 Å². The van der Waals surface area contributed by atoms with Crippen LogP contribution in [0.4, 0.5) is 0 Å². The Kier molecular flexibility index (Phi) is 2.38. The molecule has 0 aliphatic carbocycles. The van der Waals surface area contributed by atoms with Crippen molar-refractivity contribution in [3.05, 3.63) is 30.5 Å². The molecule has 0 radical (unpaired) electrons. The van der Waals surface area contributed by atoms with Gasteiger partial charge in [0.25, 0.3) is 5.71 Å². The Hall–Kier alpha value is -2.14. The topological polar surface area (TPSA) is 57.4 Å². The van der Waals surface area contributed by atoms with Crippen molar-refractivity contribution in [2.24, 2.45) is 0 Å². The molecule has 0 saturated heterocycles. The zero-order valence-corrected chi connectivity index (χ0v) is 9.21. The number of hydrogen-bond acceptors (Lipinski definition) is 5. The van der Waals surface area contributed by atoms with E-state index in [1.165, 1.54) is 0 Å². The molecule has 0 bridgehead atoms. The minimum absolute atomic E-state index is 0.149. The summed E-state index contributed by atoms with van der Waals surface area (Å²) in [6, 6.07) is 7.81. The Morgan fingerprint density at radius 1 is 1.18 bits per heavy atom. The highest BCUT2D eigenvalue weighted by Crippen LogP contribution is 2.30. The molecule has 2 aromatic heterocycles. The van der Waals surface area contributed by atoms with Gasteiger partial charge in [-0.2, -0.15) is 4.98 Å². The second kappa shape index (κ2) is 4.03. The summed E-state index contributed by atoms with van der Waals surface area (Å²) in [4.78, 5) is 4.27. The number of pyridine rings is 1. The first-order valence-electron chi connectivity index (χ1n) is 5.15. The minimum atomic E-state index is 0.149. The van der Waals surface area contributed by atoms with Crippen LogP contribution in [0.2, 0.25) is 0 Å². The van der Waals surface area contributed by atoms with E-state index in [-0.39, 0.29) is 6.79 Å². The van der Waals surface area contributed by atoms with Gasteiger partial charge in [-0.05, 0) is 6.07 Å². The molecule has 17 heavy (non-hydrogen) atoms. The average molecular weight is 230 g/mol. The molecule has 86 valence electrons. The number of aromatic nitrogens is 2. The Morgan fingerprint density at radius 2 is 2.00 bits per heavy atom. The van der Waals surface area contributed by atoms with Crippen LogP contribution in [0, 0.1) is 0 Å². The quantitative estimate of drug-likeness (QED) is 0.646. The van der Waals surface area contributed by atoms with E-state index in [1.807, 2.05) is 24.3 Å². The van der Waals surface area contributed by atoms with E-state index < -0.39 is 0 Å². The van der Waals surface area contributed by atoms with E-state index in [0.29, 0.717) is 11.6 Å². The van der Waals surface area contributed by atoms with E-state index in [9.17, 15) is 0 Å². The third-order valence-electron chi connectivity index (χ3n) is 2.52. The first kappa shape index (κ1) is 10.0. The Labute approximate surface area is 96.9 Å². The Morgan fingerprint density at radius 3 is 2.82 bits per heavy atom. The van der Waals surface area contributed by atoms with Crippen molar-refractivity contribution in [1.82, 2.24) is 10.1 Å². The fourth-order valence-electron chi connectivity index (χ4n) is 1.78. The summed E-state index contributed by atoms with van der Waals surface area (Å²) < 4.78 is 15.4. The summed E-state index contributed by atoms with van der Waals surface area (Å²) in [7, 11) is 1.56. The van der Waals surface area contributed by atoms with Crippen molar-refractivity contribution in [3.63, 3.8) is 0 Å². The highest BCUT2D eigenvalue weighted by molar-refractivity contribution is 6.05. The average Bonchev–Trinajstić information content (AvgIpc) is 2.84. The normalized spacial score (nSPS) is 11.1. The lowest BCUT2D eigenvalue weighted by atomic mass is 10.1. The predicted octanol–water partition coefficient (Wildman–Crippen LogP) is 2.36. The molecule has 0 unspecified atom stereocenters. The molecule has 2 heterocycles. The summed E-state index contributed by atoms with van der Waals surface area (Å²) in [5.41, 5.74) is 0.467. The second-order valence-corrected chi connectivity index (χ2v) is 3.56. The van der Waals surface area contributed by atoms with Crippen molar-refractivity contribution in [2.45, 2.75) is 0 Å². The number of benzene rings is 1. The lowest BCUT2D eigenvalue weighted by molar-refractivity contribution is 0.0491. The van der Waals surface area contributed by atoms with Gasteiger partial charge in [0, 0.05) is 17.9 Å². The van der Waals surface area contributed by atoms with Crippen LogP contribution in [-0.2, 0) is 4.74 Å².